The SMILES string of the molecule is c1ccc(-c2cccc(N(c3ccc4c(c3)sc3cc(N(c5cccc(-c6ccccc6)c5)c5cccc6c5oc5ccccc56)c5ccccc5c34)c3cccc4c3oc3ccccc34)c2)cc1. The molecule has 0 amide bonds. The molecule has 14 aromatic rings. The van der Waals surface area contributed by atoms with Crippen LogP contribution in [-0.4, -0.2) is 0 Å². The summed E-state index contributed by atoms with van der Waals surface area (Å²) in [6.07, 6.45) is 0. The van der Waals surface area contributed by atoms with Crippen LogP contribution < -0.4 is 9.80 Å². The largest absolute Gasteiger partial charge is 0.454 e. The lowest BCUT2D eigenvalue weighted by atomic mass is 9.99. The number of thiophene rings is 1. The molecule has 14 rings (SSSR count). The highest BCUT2D eigenvalue weighted by Gasteiger charge is 2.25. The van der Waals surface area contributed by atoms with Crippen molar-refractivity contribution in [2.45, 2.75) is 0 Å². The Labute approximate surface area is 401 Å². The zero-order valence-electron chi connectivity index (χ0n) is 37.2. The molecular formula is C64H40N2O2S. The fourth-order valence-corrected chi connectivity index (χ4v) is 11.7. The van der Waals surface area contributed by atoms with Gasteiger partial charge in [-0.25, -0.2) is 0 Å². The first-order valence-electron chi connectivity index (χ1n) is 23.3. The summed E-state index contributed by atoms with van der Waals surface area (Å²) in [4.78, 5) is 4.77. The lowest BCUT2D eigenvalue weighted by Gasteiger charge is -2.27. The third-order valence-electron chi connectivity index (χ3n) is 13.6. The van der Waals surface area contributed by atoms with Crippen LogP contribution >= 0.6 is 11.3 Å². The summed E-state index contributed by atoms with van der Waals surface area (Å²) >= 11 is 1.84. The highest BCUT2D eigenvalue weighted by molar-refractivity contribution is 7.26. The van der Waals surface area contributed by atoms with E-state index in [0.29, 0.717) is 0 Å². The Morgan fingerprint density at radius 3 is 1.35 bits per heavy atom. The van der Waals surface area contributed by atoms with Gasteiger partial charge in [-0.05, 0) is 94.4 Å². The molecule has 0 radical (unpaired) electrons. The zero-order valence-corrected chi connectivity index (χ0v) is 38.0. The minimum absolute atomic E-state index is 0.852. The molecule has 0 aliphatic heterocycles. The second-order valence-corrected chi connectivity index (χ2v) is 18.7. The summed E-state index contributed by atoms with van der Waals surface area (Å²) in [6, 6.07) is 86.8. The smallest absolute Gasteiger partial charge is 0.159 e. The van der Waals surface area contributed by atoms with E-state index >= 15 is 0 Å². The summed E-state index contributed by atoms with van der Waals surface area (Å²) in [5, 5.41) is 9.21. The van der Waals surface area contributed by atoms with E-state index in [1.54, 1.807) is 0 Å². The predicted octanol–water partition coefficient (Wildman–Crippen LogP) is 19.3. The Kier molecular flexibility index (Phi) is 9.04. The number of hydrogen-bond donors (Lipinski definition) is 0. The topological polar surface area (TPSA) is 32.8 Å². The second-order valence-electron chi connectivity index (χ2n) is 17.6. The summed E-state index contributed by atoms with van der Waals surface area (Å²) in [5.74, 6) is 0. The Morgan fingerprint density at radius 1 is 0.275 bits per heavy atom. The Morgan fingerprint density at radius 2 is 0.739 bits per heavy atom. The average molecular weight is 901 g/mol. The van der Waals surface area contributed by atoms with Gasteiger partial charge in [0.05, 0.1) is 17.1 Å². The maximum atomic E-state index is 6.80. The minimum atomic E-state index is 0.852. The van der Waals surface area contributed by atoms with E-state index in [2.05, 4.69) is 240 Å². The van der Waals surface area contributed by atoms with Crippen molar-refractivity contribution in [3.8, 4) is 22.3 Å². The van der Waals surface area contributed by atoms with Gasteiger partial charge >= 0.3 is 0 Å². The number of anilines is 6. The molecule has 0 aliphatic carbocycles. The van der Waals surface area contributed by atoms with E-state index in [1.165, 1.54) is 36.7 Å². The van der Waals surface area contributed by atoms with E-state index in [9.17, 15) is 0 Å². The molecule has 0 fully saturated rings. The van der Waals surface area contributed by atoms with Gasteiger partial charge in [0, 0.05) is 64.2 Å². The van der Waals surface area contributed by atoms with Crippen molar-refractivity contribution in [2.75, 3.05) is 9.80 Å². The molecule has 0 unspecified atom stereocenters. The monoisotopic (exact) mass is 900 g/mol. The Bertz CT molecular complexity index is 4280. The molecular weight excluding hydrogens is 861 g/mol. The van der Waals surface area contributed by atoms with Gasteiger partial charge in [-0.2, -0.15) is 0 Å². The van der Waals surface area contributed by atoms with Crippen molar-refractivity contribution in [3.63, 3.8) is 0 Å². The van der Waals surface area contributed by atoms with Gasteiger partial charge < -0.3 is 18.6 Å². The molecule has 0 saturated carbocycles. The van der Waals surface area contributed by atoms with Gasteiger partial charge in [-0.1, -0.05) is 176 Å². The Balaban J connectivity index is 0.998. The second kappa shape index (κ2) is 15.9. The van der Waals surface area contributed by atoms with E-state index < -0.39 is 0 Å². The molecule has 69 heavy (non-hydrogen) atoms. The number of rotatable bonds is 8. The van der Waals surface area contributed by atoms with E-state index in [-0.39, 0.29) is 0 Å². The van der Waals surface area contributed by atoms with E-state index in [4.69, 9.17) is 8.83 Å². The normalized spacial score (nSPS) is 11.8. The highest BCUT2D eigenvalue weighted by Crippen LogP contribution is 2.51. The lowest BCUT2D eigenvalue weighted by Crippen LogP contribution is -2.11. The molecule has 324 valence electrons. The van der Waals surface area contributed by atoms with Crippen molar-refractivity contribution in [2.24, 2.45) is 0 Å². The van der Waals surface area contributed by atoms with Crippen LogP contribution in [0.25, 0.3) is 97.1 Å². The molecule has 11 aromatic carbocycles. The fraction of sp³-hybridized carbons (Fsp3) is 0. The van der Waals surface area contributed by atoms with Gasteiger partial charge in [0.25, 0.3) is 0 Å². The fourth-order valence-electron chi connectivity index (χ4n) is 10.5. The molecule has 0 saturated heterocycles. The summed E-state index contributed by atoms with van der Waals surface area (Å²) in [7, 11) is 0. The third kappa shape index (κ3) is 6.43. The highest BCUT2D eigenvalue weighted by atomic mass is 32.1. The van der Waals surface area contributed by atoms with Crippen LogP contribution in [0.5, 0.6) is 0 Å². The van der Waals surface area contributed by atoms with Gasteiger partial charge in [0.1, 0.15) is 11.2 Å². The first-order valence-corrected chi connectivity index (χ1v) is 24.1. The van der Waals surface area contributed by atoms with Crippen molar-refractivity contribution in [1.29, 1.82) is 0 Å². The molecule has 3 heterocycles. The lowest BCUT2D eigenvalue weighted by molar-refractivity contribution is 0.668. The Hall–Kier alpha value is -8.90. The molecule has 0 aliphatic rings. The predicted molar refractivity (Wildman–Crippen MR) is 292 cm³/mol. The molecule has 5 heteroatoms. The van der Waals surface area contributed by atoms with Crippen LogP contribution in [0.2, 0.25) is 0 Å². The maximum Gasteiger partial charge on any atom is 0.159 e. The molecule has 3 aromatic heterocycles. The van der Waals surface area contributed by atoms with Gasteiger partial charge in [0.2, 0.25) is 0 Å². The number of nitrogens with zero attached hydrogens (tertiary/aromatic N) is 2. The van der Waals surface area contributed by atoms with Gasteiger partial charge in [0.15, 0.2) is 11.2 Å². The zero-order chi connectivity index (χ0) is 45.4. The number of hydrogen-bond acceptors (Lipinski definition) is 5. The van der Waals surface area contributed by atoms with E-state index in [0.717, 1.165) is 94.5 Å². The first kappa shape index (κ1) is 39.3. The molecule has 0 spiro atoms. The molecule has 4 nitrogen and oxygen atoms in total. The van der Waals surface area contributed by atoms with Crippen LogP contribution in [0, 0.1) is 0 Å². The van der Waals surface area contributed by atoms with Crippen LogP contribution in [0.3, 0.4) is 0 Å². The van der Waals surface area contributed by atoms with Crippen LogP contribution in [0.1, 0.15) is 0 Å². The number of benzene rings is 11. The summed E-state index contributed by atoms with van der Waals surface area (Å²) in [6.45, 7) is 0. The van der Waals surface area contributed by atoms with Crippen molar-refractivity contribution in [1.82, 2.24) is 0 Å². The number of furan rings is 2. The standard InChI is InChI=1S/C64H40N2O2S/c1-3-17-41(18-4-1)43-21-13-23-45(37-43)65(55-31-15-29-52-49-26-9-11-33-58(49)67-63(52)55)47-35-36-54-60(39-47)69-61-40-57(48-25-7-8-28-51(48)62(54)61)66(46-24-14-22-44(38-46)42-19-5-2-6-20-42)56-32-16-30-53-50-27-10-12-34-59(50)68-64(53)56/h1-40H. The van der Waals surface area contributed by atoms with Crippen molar-refractivity contribution >= 4 is 120 Å². The van der Waals surface area contributed by atoms with Gasteiger partial charge in [-0.15, -0.1) is 11.3 Å². The number of fused-ring (bicyclic) bond motifs is 11. The van der Waals surface area contributed by atoms with Crippen molar-refractivity contribution < 1.29 is 8.83 Å². The number of para-hydroxylation sites is 4. The minimum Gasteiger partial charge on any atom is -0.454 e. The summed E-state index contributed by atoms with van der Waals surface area (Å²) < 4.78 is 15.9. The maximum absolute atomic E-state index is 6.80. The average Bonchev–Trinajstić information content (AvgIpc) is 4.12. The van der Waals surface area contributed by atoms with Crippen LogP contribution in [-0.2, 0) is 0 Å². The first-order chi connectivity index (χ1) is 34.2. The molecule has 0 N–H and O–H groups in total. The third-order valence-corrected chi connectivity index (χ3v) is 14.7. The molecule has 0 bridgehead atoms. The van der Waals surface area contributed by atoms with E-state index in [1.807, 2.05) is 23.5 Å². The van der Waals surface area contributed by atoms with Crippen LogP contribution in [0.4, 0.5) is 34.1 Å². The van der Waals surface area contributed by atoms with Crippen molar-refractivity contribution in [3.05, 3.63) is 243 Å². The quantitative estimate of drug-likeness (QED) is 0.152. The van der Waals surface area contributed by atoms with Crippen LogP contribution in [0.15, 0.2) is 251 Å². The summed E-state index contributed by atoms with van der Waals surface area (Å²) in [5.41, 5.74) is 14.3. The molecule has 0 atom stereocenters. The van der Waals surface area contributed by atoms with Gasteiger partial charge in [-0.3, -0.25) is 0 Å².